The molecule has 1 atom stereocenters. The number of anilines is 1. The molecular formula is C18H19BrFNO. The van der Waals surface area contributed by atoms with Crippen molar-refractivity contribution < 1.29 is 9.13 Å². The fourth-order valence-corrected chi connectivity index (χ4v) is 2.81. The highest BCUT2D eigenvalue weighted by Gasteiger charge is 2.16. The van der Waals surface area contributed by atoms with E-state index in [9.17, 15) is 4.39 Å². The Kier molecular flexibility index (Phi) is 6.01. The zero-order valence-corrected chi connectivity index (χ0v) is 14.1. The van der Waals surface area contributed by atoms with Gasteiger partial charge in [0.15, 0.2) is 0 Å². The molecule has 2 aromatic rings. The number of hydrogen-bond acceptors (Lipinski definition) is 2. The van der Waals surface area contributed by atoms with E-state index in [-0.39, 0.29) is 11.9 Å². The lowest BCUT2D eigenvalue weighted by Crippen LogP contribution is -2.12. The van der Waals surface area contributed by atoms with E-state index in [0.29, 0.717) is 4.47 Å². The van der Waals surface area contributed by atoms with Crippen molar-refractivity contribution in [3.63, 3.8) is 0 Å². The van der Waals surface area contributed by atoms with Crippen LogP contribution in [0.15, 0.2) is 59.6 Å². The molecule has 0 saturated heterocycles. The number of rotatable bonds is 7. The van der Waals surface area contributed by atoms with E-state index >= 15 is 0 Å². The first-order valence-corrected chi connectivity index (χ1v) is 7.90. The van der Waals surface area contributed by atoms with Gasteiger partial charge in [-0.05, 0) is 64.7 Å². The quantitative estimate of drug-likeness (QED) is 0.635. The Bertz CT molecular complexity index is 627. The van der Waals surface area contributed by atoms with Crippen LogP contribution in [0.4, 0.5) is 10.1 Å². The minimum Gasteiger partial charge on any atom is -0.497 e. The van der Waals surface area contributed by atoms with Gasteiger partial charge in [0.05, 0.1) is 17.6 Å². The Morgan fingerprint density at radius 3 is 2.64 bits per heavy atom. The van der Waals surface area contributed by atoms with Crippen LogP contribution >= 0.6 is 15.9 Å². The zero-order chi connectivity index (χ0) is 15.9. The Labute approximate surface area is 139 Å². The Balaban J connectivity index is 2.25. The van der Waals surface area contributed by atoms with Crippen LogP contribution in [0, 0.1) is 5.82 Å². The van der Waals surface area contributed by atoms with Gasteiger partial charge in [-0.3, -0.25) is 0 Å². The number of benzene rings is 2. The molecule has 0 radical (unpaired) electrons. The zero-order valence-electron chi connectivity index (χ0n) is 12.5. The standard InChI is InChI=1S/C18H19BrFNO/c1-3-4-8-17(15-6-5-7-16(20)18(15)19)21-13-9-11-14(22-2)12-10-13/h3,5-7,9-12,17,21H,1,4,8H2,2H3. The second-order valence-corrected chi connectivity index (χ2v) is 5.73. The molecule has 0 amide bonds. The summed E-state index contributed by atoms with van der Waals surface area (Å²) in [4.78, 5) is 0. The summed E-state index contributed by atoms with van der Waals surface area (Å²) in [5.41, 5.74) is 1.86. The minimum atomic E-state index is -0.252. The number of allylic oxidation sites excluding steroid dienone is 1. The van der Waals surface area contributed by atoms with Crippen LogP contribution in [0.5, 0.6) is 5.75 Å². The Hall–Kier alpha value is -1.81. The number of hydrogen-bond donors (Lipinski definition) is 1. The lowest BCUT2D eigenvalue weighted by molar-refractivity contribution is 0.415. The summed E-state index contributed by atoms with van der Waals surface area (Å²) in [6, 6.07) is 12.8. The van der Waals surface area contributed by atoms with Gasteiger partial charge in [0.2, 0.25) is 0 Å². The molecule has 0 saturated carbocycles. The third kappa shape index (κ3) is 4.10. The van der Waals surface area contributed by atoms with Crippen LogP contribution in [0.2, 0.25) is 0 Å². The molecule has 1 unspecified atom stereocenters. The number of halogens is 2. The molecule has 2 aromatic carbocycles. The van der Waals surface area contributed by atoms with Crippen molar-refractivity contribution in [2.24, 2.45) is 0 Å². The van der Waals surface area contributed by atoms with E-state index in [1.165, 1.54) is 6.07 Å². The van der Waals surface area contributed by atoms with Gasteiger partial charge < -0.3 is 10.1 Å². The smallest absolute Gasteiger partial charge is 0.137 e. The lowest BCUT2D eigenvalue weighted by atomic mass is 10.0. The molecule has 0 aliphatic heterocycles. The van der Waals surface area contributed by atoms with Crippen molar-refractivity contribution >= 4 is 21.6 Å². The largest absolute Gasteiger partial charge is 0.497 e. The van der Waals surface area contributed by atoms with E-state index < -0.39 is 0 Å². The van der Waals surface area contributed by atoms with Crippen LogP contribution in [-0.2, 0) is 0 Å². The topological polar surface area (TPSA) is 21.3 Å². The molecule has 0 heterocycles. The maximum absolute atomic E-state index is 13.8. The van der Waals surface area contributed by atoms with Crippen molar-refractivity contribution in [1.29, 1.82) is 0 Å². The summed E-state index contributed by atoms with van der Waals surface area (Å²) in [7, 11) is 1.64. The molecule has 0 spiro atoms. The van der Waals surface area contributed by atoms with Gasteiger partial charge in [0.25, 0.3) is 0 Å². The molecule has 4 heteroatoms. The Morgan fingerprint density at radius 1 is 1.27 bits per heavy atom. The Morgan fingerprint density at radius 2 is 2.00 bits per heavy atom. The molecule has 2 nitrogen and oxygen atoms in total. The molecule has 0 fully saturated rings. The fraction of sp³-hybridized carbons (Fsp3) is 0.222. The second-order valence-electron chi connectivity index (χ2n) is 4.93. The average molecular weight is 364 g/mol. The normalized spacial score (nSPS) is 11.8. The SMILES string of the molecule is C=CCCC(Nc1ccc(OC)cc1)c1cccc(F)c1Br. The van der Waals surface area contributed by atoms with Crippen LogP contribution < -0.4 is 10.1 Å². The van der Waals surface area contributed by atoms with E-state index in [2.05, 4.69) is 27.8 Å². The molecule has 0 bridgehead atoms. The van der Waals surface area contributed by atoms with Crippen molar-refractivity contribution in [3.05, 3.63) is 71.0 Å². The summed E-state index contributed by atoms with van der Waals surface area (Å²) < 4.78 is 19.5. The fourth-order valence-electron chi connectivity index (χ4n) is 2.27. The third-order valence-corrected chi connectivity index (χ3v) is 4.28. The highest BCUT2D eigenvalue weighted by atomic mass is 79.9. The summed E-state index contributed by atoms with van der Waals surface area (Å²) >= 11 is 3.35. The molecule has 22 heavy (non-hydrogen) atoms. The summed E-state index contributed by atoms with van der Waals surface area (Å²) in [5.74, 6) is 0.553. The van der Waals surface area contributed by atoms with E-state index in [1.54, 1.807) is 13.2 Å². The summed E-state index contributed by atoms with van der Waals surface area (Å²) in [5, 5.41) is 3.45. The van der Waals surface area contributed by atoms with Crippen molar-refractivity contribution in [3.8, 4) is 5.75 Å². The van der Waals surface area contributed by atoms with Gasteiger partial charge in [-0.1, -0.05) is 18.2 Å². The third-order valence-electron chi connectivity index (χ3n) is 3.45. The van der Waals surface area contributed by atoms with E-state index in [0.717, 1.165) is 29.8 Å². The van der Waals surface area contributed by atoms with Crippen molar-refractivity contribution in [2.75, 3.05) is 12.4 Å². The molecular weight excluding hydrogens is 345 g/mol. The predicted octanol–water partition coefficient (Wildman–Crippen LogP) is 5.72. The molecule has 2 rings (SSSR count). The first-order valence-electron chi connectivity index (χ1n) is 7.11. The maximum Gasteiger partial charge on any atom is 0.137 e. The van der Waals surface area contributed by atoms with Gasteiger partial charge in [0, 0.05) is 5.69 Å². The van der Waals surface area contributed by atoms with Crippen molar-refractivity contribution in [1.82, 2.24) is 0 Å². The number of nitrogens with one attached hydrogen (secondary N) is 1. The van der Waals surface area contributed by atoms with Gasteiger partial charge in [-0.25, -0.2) is 4.39 Å². The summed E-state index contributed by atoms with van der Waals surface area (Å²) in [6.07, 6.45) is 3.55. The van der Waals surface area contributed by atoms with Crippen LogP contribution in [-0.4, -0.2) is 7.11 Å². The molecule has 0 aliphatic rings. The molecule has 1 N–H and O–H groups in total. The minimum absolute atomic E-state index is 0.00327. The highest BCUT2D eigenvalue weighted by molar-refractivity contribution is 9.10. The first kappa shape index (κ1) is 16.6. The van der Waals surface area contributed by atoms with Crippen molar-refractivity contribution in [2.45, 2.75) is 18.9 Å². The number of methoxy groups -OCH3 is 1. The van der Waals surface area contributed by atoms with E-state index in [4.69, 9.17) is 4.74 Å². The van der Waals surface area contributed by atoms with Crippen LogP contribution in [0.1, 0.15) is 24.4 Å². The van der Waals surface area contributed by atoms with E-state index in [1.807, 2.05) is 36.4 Å². The number of ether oxygens (including phenoxy) is 1. The van der Waals surface area contributed by atoms with Gasteiger partial charge >= 0.3 is 0 Å². The van der Waals surface area contributed by atoms with Crippen LogP contribution in [0.25, 0.3) is 0 Å². The maximum atomic E-state index is 13.8. The summed E-state index contributed by atoms with van der Waals surface area (Å²) in [6.45, 7) is 3.77. The second kappa shape index (κ2) is 7.99. The first-order chi connectivity index (χ1) is 10.7. The average Bonchev–Trinajstić information content (AvgIpc) is 2.55. The van der Waals surface area contributed by atoms with Gasteiger partial charge in [-0.2, -0.15) is 0 Å². The van der Waals surface area contributed by atoms with Crippen LogP contribution in [0.3, 0.4) is 0 Å². The molecule has 0 aromatic heterocycles. The lowest BCUT2D eigenvalue weighted by Gasteiger charge is -2.21. The molecule has 0 aliphatic carbocycles. The van der Waals surface area contributed by atoms with Gasteiger partial charge in [0.1, 0.15) is 11.6 Å². The monoisotopic (exact) mass is 363 g/mol. The predicted molar refractivity (Wildman–Crippen MR) is 92.9 cm³/mol. The van der Waals surface area contributed by atoms with Gasteiger partial charge in [-0.15, -0.1) is 6.58 Å². The highest BCUT2D eigenvalue weighted by Crippen LogP contribution is 2.32. The molecule has 116 valence electrons.